The zero-order valence-corrected chi connectivity index (χ0v) is 8.10. The summed E-state index contributed by atoms with van der Waals surface area (Å²) in [4.78, 5) is 16.7. The average Bonchev–Trinajstić information content (AvgIpc) is 2.87. The molecule has 0 aliphatic carbocycles. The van der Waals surface area contributed by atoms with Crippen molar-refractivity contribution in [2.45, 2.75) is 12.3 Å². The summed E-state index contributed by atoms with van der Waals surface area (Å²) in [7, 11) is 0. The third kappa shape index (κ3) is 2.10. The molecule has 0 fully saturated rings. The summed E-state index contributed by atoms with van der Waals surface area (Å²) in [6.45, 7) is 0. The molecule has 0 aliphatic heterocycles. The lowest BCUT2D eigenvalue weighted by atomic mass is 9.92. The van der Waals surface area contributed by atoms with Crippen LogP contribution in [-0.2, 0) is 4.79 Å². The Morgan fingerprint density at radius 2 is 1.73 bits per heavy atom. The third-order valence-corrected chi connectivity index (χ3v) is 2.43. The van der Waals surface area contributed by atoms with Crippen LogP contribution >= 0.6 is 0 Å². The van der Waals surface area contributed by atoms with E-state index in [1.165, 1.54) is 0 Å². The topological polar surface area (TPSA) is 68.9 Å². The Hall–Kier alpha value is -1.97. The molecule has 0 aliphatic rings. The van der Waals surface area contributed by atoms with Crippen molar-refractivity contribution in [3.63, 3.8) is 0 Å². The fraction of sp³-hybridized carbons (Fsp3) is 0.182. The minimum absolute atomic E-state index is 0.0833. The fourth-order valence-corrected chi connectivity index (χ4v) is 1.71. The highest BCUT2D eigenvalue weighted by molar-refractivity contribution is 5.69. The highest BCUT2D eigenvalue weighted by atomic mass is 16.4. The predicted octanol–water partition coefficient (Wildman–Crippen LogP) is 1.95. The molecule has 15 heavy (non-hydrogen) atoms. The molecule has 0 radical (unpaired) electrons. The van der Waals surface area contributed by atoms with Crippen LogP contribution in [0, 0.1) is 0 Å². The molecule has 78 valence electrons. The van der Waals surface area contributed by atoms with Gasteiger partial charge in [-0.2, -0.15) is 0 Å². The summed E-state index contributed by atoms with van der Waals surface area (Å²) >= 11 is 0. The van der Waals surface area contributed by atoms with Gasteiger partial charge in [0.15, 0.2) is 0 Å². The molecule has 0 bridgehead atoms. The van der Waals surface area contributed by atoms with E-state index in [0.717, 1.165) is 11.1 Å². The largest absolute Gasteiger partial charge is 0.481 e. The first kappa shape index (κ1) is 9.58. The Labute approximate surface area is 87.0 Å². The molecule has 0 unspecified atom stereocenters. The van der Waals surface area contributed by atoms with Gasteiger partial charge < -0.3 is 15.1 Å². The molecule has 0 atom stereocenters. The second-order valence-corrected chi connectivity index (χ2v) is 3.44. The van der Waals surface area contributed by atoms with Crippen molar-refractivity contribution < 1.29 is 9.90 Å². The van der Waals surface area contributed by atoms with Crippen molar-refractivity contribution in [2.75, 3.05) is 0 Å². The van der Waals surface area contributed by atoms with E-state index in [1.54, 1.807) is 12.4 Å². The van der Waals surface area contributed by atoms with Crippen LogP contribution in [0.1, 0.15) is 23.5 Å². The first-order valence-electron chi connectivity index (χ1n) is 4.74. The molecule has 0 spiro atoms. The van der Waals surface area contributed by atoms with Crippen LogP contribution in [0.25, 0.3) is 0 Å². The SMILES string of the molecule is O=C(O)CC(c1cc[nH]c1)c1cc[nH]c1. The van der Waals surface area contributed by atoms with Gasteiger partial charge in [-0.1, -0.05) is 0 Å². The van der Waals surface area contributed by atoms with Crippen molar-refractivity contribution in [1.82, 2.24) is 9.97 Å². The monoisotopic (exact) mass is 204 g/mol. The summed E-state index contributed by atoms with van der Waals surface area (Å²) in [6.07, 6.45) is 7.38. The molecule has 0 saturated carbocycles. The maximum atomic E-state index is 10.8. The predicted molar refractivity (Wildman–Crippen MR) is 55.7 cm³/mol. The number of rotatable bonds is 4. The second-order valence-electron chi connectivity index (χ2n) is 3.44. The van der Waals surface area contributed by atoms with Crippen LogP contribution in [0.3, 0.4) is 0 Å². The van der Waals surface area contributed by atoms with Gasteiger partial charge in [0.2, 0.25) is 0 Å². The van der Waals surface area contributed by atoms with Gasteiger partial charge in [0.25, 0.3) is 0 Å². The van der Waals surface area contributed by atoms with Gasteiger partial charge in [-0.15, -0.1) is 0 Å². The summed E-state index contributed by atoms with van der Waals surface area (Å²) < 4.78 is 0. The molecular weight excluding hydrogens is 192 g/mol. The van der Waals surface area contributed by atoms with E-state index in [9.17, 15) is 4.79 Å². The minimum atomic E-state index is -0.789. The Kier molecular flexibility index (Phi) is 2.58. The molecule has 2 heterocycles. The number of hydrogen-bond donors (Lipinski definition) is 3. The average molecular weight is 204 g/mol. The molecule has 0 saturated heterocycles. The van der Waals surface area contributed by atoms with Crippen LogP contribution in [0.2, 0.25) is 0 Å². The Morgan fingerprint density at radius 3 is 2.07 bits per heavy atom. The van der Waals surface area contributed by atoms with Gasteiger partial charge in [-0.05, 0) is 23.3 Å². The Morgan fingerprint density at radius 1 is 1.20 bits per heavy atom. The highest BCUT2D eigenvalue weighted by Gasteiger charge is 2.18. The summed E-state index contributed by atoms with van der Waals surface area (Å²) in [6, 6.07) is 3.81. The van der Waals surface area contributed by atoms with Crippen LogP contribution in [0.15, 0.2) is 36.9 Å². The smallest absolute Gasteiger partial charge is 0.304 e. The number of H-pyrrole nitrogens is 2. The highest BCUT2D eigenvalue weighted by Crippen LogP contribution is 2.27. The number of carboxylic acid groups (broad SMARTS) is 1. The number of aliphatic carboxylic acids is 1. The van der Waals surface area contributed by atoms with E-state index in [0.29, 0.717) is 0 Å². The van der Waals surface area contributed by atoms with Crippen LogP contribution in [0.5, 0.6) is 0 Å². The number of hydrogen-bond acceptors (Lipinski definition) is 1. The quantitative estimate of drug-likeness (QED) is 0.712. The molecule has 0 aromatic carbocycles. The third-order valence-electron chi connectivity index (χ3n) is 2.43. The summed E-state index contributed by atoms with van der Waals surface area (Å²) in [5, 5.41) is 8.86. The zero-order valence-electron chi connectivity index (χ0n) is 8.10. The van der Waals surface area contributed by atoms with E-state index in [2.05, 4.69) is 9.97 Å². The van der Waals surface area contributed by atoms with Crippen molar-refractivity contribution in [3.8, 4) is 0 Å². The van der Waals surface area contributed by atoms with Gasteiger partial charge in [0, 0.05) is 30.7 Å². The van der Waals surface area contributed by atoms with Crippen LogP contribution in [-0.4, -0.2) is 21.0 Å². The molecule has 2 aromatic heterocycles. The van der Waals surface area contributed by atoms with Gasteiger partial charge in [0.05, 0.1) is 6.42 Å². The standard InChI is InChI=1S/C11H12N2O2/c14-11(15)5-10(8-1-3-12-6-8)9-2-4-13-7-9/h1-4,6-7,10,12-13H,5H2,(H,14,15). The summed E-state index contributed by atoms with van der Waals surface area (Å²) in [5.41, 5.74) is 1.99. The fourth-order valence-electron chi connectivity index (χ4n) is 1.71. The van der Waals surface area contributed by atoms with Crippen molar-refractivity contribution in [1.29, 1.82) is 0 Å². The molecule has 2 aromatic rings. The second kappa shape index (κ2) is 4.04. The normalized spacial score (nSPS) is 10.7. The minimum Gasteiger partial charge on any atom is -0.481 e. The maximum absolute atomic E-state index is 10.8. The van der Waals surface area contributed by atoms with Crippen LogP contribution in [0.4, 0.5) is 0 Å². The molecule has 2 rings (SSSR count). The summed E-state index contributed by atoms with van der Waals surface area (Å²) in [5.74, 6) is -0.873. The molecule has 3 N–H and O–H groups in total. The Bertz CT molecular complexity index is 383. The number of aromatic amines is 2. The van der Waals surface area contributed by atoms with Crippen molar-refractivity contribution >= 4 is 5.97 Å². The molecule has 4 nitrogen and oxygen atoms in total. The first-order chi connectivity index (χ1) is 7.27. The van der Waals surface area contributed by atoms with Gasteiger partial charge in [-0.25, -0.2) is 0 Å². The number of nitrogens with one attached hydrogen (secondary N) is 2. The molecule has 0 amide bonds. The molecular formula is C11H12N2O2. The van der Waals surface area contributed by atoms with E-state index in [1.807, 2.05) is 24.5 Å². The number of aromatic nitrogens is 2. The number of carboxylic acids is 1. The van der Waals surface area contributed by atoms with E-state index in [4.69, 9.17) is 5.11 Å². The molecule has 4 heteroatoms. The lowest BCUT2D eigenvalue weighted by molar-refractivity contribution is -0.137. The maximum Gasteiger partial charge on any atom is 0.304 e. The van der Waals surface area contributed by atoms with E-state index >= 15 is 0 Å². The lowest BCUT2D eigenvalue weighted by Crippen LogP contribution is -2.06. The van der Waals surface area contributed by atoms with Crippen molar-refractivity contribution in [3.05, 3.63) is 48.0 Å². The van der Waals surface area contributed by atoms with Gasteiger partial charge in [0.1, 0.15) is 0 Å². The van der Waals surface area contributed by atoms with Crippen molar-refractivity contribution in [2.24, 2.45) is 0 Å². The Balaban J connectivity index is 2.29. The number of carbonyl (C=O) groups is 1. The first-order valence-corrected chi connectivity index (χ1v) is 4.74. The van der Waals surface area contributed by atoms with Gasteiger partial charge in [-0.3, -0.25) is 4.79 Å². The van der Waals surface area contributed by atoms with E-state index in [-0.39, 0.29) is 12.3 Å². The zero-order chi connectivity index (χ0) is 10.7. The van der Waals surface area contributed by atoms with E-state index < -0.39 is 5.97 Å². The van der Waals surface area contributed by atoms with Crippen LogP contribution < -0.4 is 0 Å². The van der Waals surface area contributed by atoms with Gasteiger partial charge >= 0.3 is 5.97 Å². The lowest BCUT2D eigenvalue weighted by Gasteiger charge is -2.11.